The van der Waals surface area contributed by atoms with Gasteiger partial charge in [-0.05, 0) is 12.0 Å². The molecule has 0 atom stereocenters. The smallest absolute Gasteiger partial charge is 0.324 e. The van der Waals surface area contributed by atoms with Gasteiger partial charge in [-0.15, -0.1) is 0 Å². The average Bonchev–Trinajstić information content (AvgIpc) is 2.23. The molecular formula is C10H17NO6P2. The van der Waals surface area contributed by atoms with Crippen molar-refractivity contribution in [2.45, 2.75) is 6.42 Å². The maximum atomic E-state index is 10.9. The highest BCUT2D eigenvalue weighted by Crippen LogP contribution is 2.40. The molecule has 9 heteroatoms. The van der Waals surface area contributed by atoms with Gasteiger partial charge in [-0.2, -0.15) is 0 Å². The third-order valence-corrected chi connectivity index (χ3v) is 3.86. The van der Waals surface area contributed by atoms with Crippen LogP contribution in [0.5, 0.6) is 0 Å². The summed E-state index contributed by atoms with van der Waals surface area (Å²) < 4.78 is 21.9. The normalized spacial score (nSPS) is 12.9. The second-order valence-electron chi connectivity index (χ2n) is 4.24. The lowest BCUT2D eigenvalue weighted by molar-refractivity contribution is 0.279. The first-order valence-corrected chi connectivity index (χ1v) is 9.11. The highest BCUT2D eigenvalue weighted by atomic mass is 31.2. The minimum Gasteiger partial charge on any atom is -0.324 e. The lowest BCUT2D eigenvalue weighted by atomic mass is 10.1. The van der Waals surface area contributed by atoms with Crippen molar-refractivity contribution < 1.29 is 28.7 Å². The molecule has 0 heterocycles. The highest BCUT2D eigenvalue weighted by Gasteiger charge is 2.25. The summed E-state index contributed by atoms with van der Waals surface area (Å²) in [5.41, 5.74) is 0.934. The molecule has 19 heavy (non-hydrogen) atoms. The Morgan fingerprint density at radius 3 is 1.79 bits per heavy atom. The van der Waals surface area contributed by atoms with Crippen LogP contribution in [0.4, 0.5) is 0 Å². The van der Waals surface area contributed by atoms with Crippen LogP contribution in [0, 0.1) is 0 Å². The van der Waals surface area contributed by atoms with Gasteiger partial charge in [0.05, 0.1) is 0 Å². The predicted molar refractivity (Wildman–Crippen MR) is 70.7 cm³/mol. The zero-order valence-corrected chi connectivity index (χ0v) is 12.0. The second-order valence-corrected chi connectivity index (χ2v) is 7.47. The summed E-state index contributed by atoms with van der Waals surface area (Å²) in [6, 6.07) is 9.17. The Bertz CT molecular complexity index is 458. The van der Waals surface area contributed by atoms with E-state index in [0.29, 0.717) is 6.42 Å². The molecule has 0 saturated heterocycles. The van der Waals surface area contributed by atoms with Gasteiger partial charge < -0.3 is 19.6 Å². The van der Waals surface area contributed by atoms with Crippen molar-refractivity contribution in [1.29, 1.82) is 0 Å². The van der Waals surface area contributed by atoms with Gasteiger partial charge in [0.1, 0.15) is 12.6 Å². The quantitative estimate of drug-likeness (QED) is 0.550. The van der Waals surface area contributed by atoms with Crippen molar-refractivity contribution in [2.75, 3.05) is 19.1 Å². The molecule has 0 aliphatic rings. The molecule has 0 spiro atoms. The van der Waals surface area contributed by atoms with Gasteiger partial charge in [0.25, 0.3) is 0 Å². The van der Waals surface area contributed by atoms with Crippen molar-refractivity contribution in [3.63, 3.8) is 0 Å². The fourth-order valence-electron chi connectivity index (χ4n) is 1.64. The molecule has 0 aliphatic carbocycles. The molecular weight excluding hydrogens is 292 g/mol. The number of hydrogen-bond donors (Lipinski definition) is 4. The maximum Gasteiger partial charge on any atom is 0.339 e. The Kier molecular flexibility index (Phi) is 5.89. The number of benzene rings is 1. The Morgan fingerprint density at radius 1 is 0.895 bits per heavy atom. The molecule has 0 aliphatic heterocycles. The van der Waals surface area contributed by atoms with Gasteiger partial charge in [0.2, 0.25) is 0 Å². The van der Waals surface area contributed by atoms with E-state index in [1.807, 2.05) is 30.3 Å². The standard InChI is InChI=1S/C10H17NO6P2/c12-18(13,14)8-11(9-19(15,16)17)7-6-10-4-2-1-3-5-10/h1-5H,6-9H2,(H2,12,13,14)(H2,15,16,17). The molecule has 108 valence electrons. The summed E-state index contributed by atoms with van der Waals surface area (Å²) in [7, 11) is -8.69. The molecule has 0 aromatic heterocycles. The zero-order valence-electron chi connectivity index (χ0n) is 10.2. The number of hydrogen-bond acceptors (Lipinski definition) is 3. The Hall–Kier alpha value is -0.520. The van der Waals surface area contributed by atoms with E-state index in [1.165, 1.54) is 0 Å². The number of nitrogens with zero attached hydrogens (tertiary/aromatic N) is 1. The molecule has 0 bridgehead atoms. The maximum absolute atomic E-state index is 10.9. The average molecular weight is 309 g/mol. The molecule has 1 rings (SSSR count). The van der Waals surface area contributed by atoms with Crippen LogP contribution in [0.2, 0.25) is 0 Å². The molecule has 1 aromatic carbocycles. The van der Waals surface area contributed by atoms with E-state index in [0.717, 1.165) is 10.5 Å². The fourth-order valence-corrected chi connectivity index (χ4v) is 3.32. The summed E-state index contributed by atoms with van der Waals surface area (Å²) >= 11 is 0. The van der Waals surface area contributed by atoms with E-state index in [9.17, 15) is 9.13 Å². The first-order chi connectivity index (χ1) is 8.66. The summed E-state index contributed by atoms with van der Waals surface area (Å²) in [5, 5.41) is 0. The van der Waals surface area contributed by atoms with Gasteiger partial charge in [-0.1, -0.05) is 30.3 Å². The van der Waals surface area contributed by atoms with Crippen molar-refractivity contribution in [1.82, 2.24) is 4.90 Å². The molecule has 0 saturated carbocycles. The van der Waals surface area contributed by atoms with E-state index < -0.39 is 27.8 Å². The monoisotopic (exact) mass is 309 g/mol. The van der Waals surface area contributed by atoms with Crippen LogP contribution in [-0.4, -0.2) is 43.6 Å². The largest absolute Gasteiger partial charge is 0.339 e. The third-order valence-electron chi connectivity index (χ3n) is 2.33. The van der Waals surface area contributed by atoms with Crippen molar-refractivity contribution in [2.24, 2.45) is 0 Å². The van der Waals surface area contributed by atoms with Gasteiger partial charge in [-0.3, -0.25) is 14.0 Å². The SMILES string of the molecule is O=P(O)(O)CN(CCc1ccccc1)CP(=O)(O)O. The topological polar surface area (TPSA) is 118 Å². The molecule has 4 N–H and O–H groups in total. The zero-order chi connectivity index (χ0) is 14.5. The van der Waals surface area contributed by atoms with Crippen LogP contribution in [-0.2, 0) is 15.6 Å². The molecule has 0 fully saturated rings. The third kappa shape index (κ3) is 8.29. The molecule has 7 nitrogen and oxygen atoms in total. The Labute approximate surface area is 111 Å². The van der Waals surface area contributed by atoms with Gasteiger partial charge in [0, 0.05) is 6.54 Å². The van der Waals surface area contributed by atoms with Crippen LogP contribution in [0.1, 0.15) is 5.56 Å². The van der Waals surface area contributed by atoms with E-state index in [2.05, 4.69) is 0 Å². The summed E-state index contributed by atoms with van der Waals surface area (Å²) in [4.78, 5) is 36.7. The highest BCUT2D eigenvalue weighted by molar-refractivity contribution is 7.52. The lowest BCUT2D eigenvalue weighted by Crippen LogP contribution is -2.28. The van der Waals surface area contributed by atoms with E-state index in [1.54, 1.807) is 0 Å². The van der Waals surface area contributed by atoms with Crippen LogP contribution in [0.3, 0.4) is 0 Å². The molecule has 0 unspecified atom stereocenters. The minimum atomic E-state index is -4.35. The van der Waals surface area contributed by atoms with Crippen LogP contribution >= 0.6 is 15.2 Å². The van der Waals surface area contributed by atoms with Crippen molar-refractivity contribution in [3.8, 4) is 0 Å². The summed E-state index contributed by atoms with van der Waals surface area (Å²) in [6.07, 6.45) is -0.864. The molecule has 0 amide bonds. The van der Waals surface area contributed by atoms with Crippen molar-refractivity contribution in [3.05, 3.63) is 35.9 Å². The predicted octanol–water partition coefficient (Wildman–Crippen LogP) is 0.801. The summed E-state index contributed by atoms with van der Waals surface area (Å²) in [5.74, 6) is 0. The molecule has 1 aromatic rings. The Morgan fingerprint density at radius 2 is 1.37 bits per heavy atom. The van der Waals surface area contributed by atoms with Crippen molar-refractivity contribution >= 4 is 15.2 Å². The van der Waals surface area contributed by atoms with Crippen LogP contribution in [0.25, 0.3) is 0 Å². The number of rotatable bonds is 7. The minimum absolute atomic E-state index is 0.167. The second kappa shape index (κ2) is 6.77. The first kappa shape index (κ1) is 16.5. The molecule has 0 radical (unpaired) electrons. The van der Waals surface area contributed by atoms with Crippen LogP contribution < -0.4 is 0 Å². The Balaban J connectivity index is 2.64. The van der Waals surface area contributed by atoms with Gasteiger partial charge in [-0.25, -0.2) is 0 Å². The van der Waals surface area contributed by atoms with E-state index in [4.69, 9.17) is 19.6 Å². The van der Waals surface area contributed by atoms with Crippen LogP contribution in [0.15, 0.2) is 30.3 Å². The summed E-state index contributed by atoms with van der Waals surface area (Å²) in [6.45, 7) is 0.167. The van der Waals surface area contributed by atoms with Gasteiger partial charge in [0.15, 0.2) is 0 Å². The fraction of sp³-hybridized carbons (Fsp3) is 0.400. The van der Waals surface area contributed by atoms with Gasteiger partial charge >= 0.3 is 15.2 Å². The first-order valence-electron chi connectivity index (χ1n) is 5.51. The van der Waals surface area contributed by atoms with E-state index in [-0.39, 0.29) is 6.54 Å². The van der Waals surface area contributed by atoms with E-state index >= 15 is 0 Å². The lowest BCUT2D eigenvalue weighted by Gasteiger charge is -2.22.